The van der Waals surface area contributed by atoms with Crippen LogP contribution in [0.15, 0.2) is 60.8 Å². The van der Waals surface area contributed by atoms with Crippen LogP contribution in [0.2, 0.25) is 0 Å². The fourth-order valence-corrected chi connectivity index (χ4v) is 3.93. The van der Waals surface area contributed by atoms with Crippen LogP contribution in [0, 0.1) is 0 Å². The van der Waals surface area contributed by atoms with Crippen LogP contribution in [-0.2, 0) is 0 Å². The summed E-state index contributed by atoms with van der Waals surface area (Å²) in [7, 11) is 1.75. The van der Waals surface area contributed by atoms with E-state index in [1.165, 1.54) is 16.5 Å². The van der Waals surface area contributed by atoms with Gasteiger partial charge in [-0.3, -0.25) is 9.88 Å². The number of hydrogen-bond acceptors (Lipinski definition) is 4. The molecule has 2 heterocycles. The summed E-state index contributed by atoms with van der Waals surface area (Å²) in [6.07, 6.45) is 3.07. The van der Waals surface area contributed by atoms with Gasteiger partial charge in [0.05, 0.1) is 18.7 Å². The van der Waals surface area contributed by atoms with Crippen molar-refractivity contribution in [3.63, 3.8) is 0 Å². The molecule has 0 aliphatic carbocycles. The van der Waals surface area contributed by atoms with E-state index in [1.807, 2.05) is 18.3 Å². The first-order valence-electron chi connectivity index (χ1n) is 9.30. The molecule has 1 aliphatic heterocycles. The maximum Gasteiger partial charge on any atom is 0.123 e. The Morgan fingerprint density at radius 3 is 2.73 bits per heavy atom. The second-order valence-corrected chi connectivity index (χ2v) is 6.70. The summed E-state index contributed by atoms with van der Waals surface area (Å²) in [5.41, 5.74) is 3.55. The highest BCUT2D eigenvalue weighted by Gasteiger charge is 2.27. The second-order valence-electron chi connectivity index (χ2n) is 6.70. The van der Waals surface area contributed by atoms with Crippen molar-refractivity contribution >= 4 is 10.9 Å². The van der Waals surface area contributed by atoms with Gasteiger partial charge in [0.15, 0.2) is 0 Å². The number of benzene rings is 2. The molecular formula is C22H25N3O. The predicted octanol–water partition coefficient (Wildman–Crippen LogP) is 3.63. The van der Waals surface area contributed by atoms with Crippen molar-refractivity contribution < 1.29 is 4.74 Å². The standard InChI is InChI=1S/C22H25N3O/c1-26-21-10-5-3-8-19(21)22(25-15-6-12-23-14-16-25)18-11-13-24-20-9-4-2-7-17(18)20/h2-5,7-11,13,22-23H,6,12,14-16H2,1H3. The third-order valence-electron chi connectivity index (χ3n) is 5.15. The second kappa shape index (κ2) is 7.85. The van der Waals surface area contributed by atoms with Gasteiger partial charge in [-0.15, -0.1) is 0 Å². The van der Waals surface area contributed by atoms with E-state index in [0.29, 0.717) is 0 Å². The molecule has 2 aromatic carbocycles. The molecule has 4 heteroatoms. The Hall–Kier alpha value is -2.43. The number of nitrogens with zero attached hydrogens (tertiary/aromatic N) is 2. The van der Waals surface area contributed by atoms with Crippen molar-refractivity contribution in [3.05, 3.63) is 71.9 Å². The molecule has 26 heavy (non-hydrogen) atoms. The van der Waals surface area contributed by atoms with Crippen molar-refractivity contribution in [1.29, 1.82) is 0 Å². The minimum atomic E-state index is 0.152. The van der Waals surface area contributed by atoms with Crippen LogP contribution < -0.4 is 10.1 Å². The lowest BCUT2D eigenvalue weighted by atomic mass is 9.93. The molecule has 0 saturated carbocycles. The van der Waals surface area contributed by atoms with E-state index in [0.717, 1.165) is 43.9 Å². The third-order valence-corrected chi connectivity index (χ3v) is 5.15. The normalized spacial score (nSPS) is 17.0. The highest BCUT2D eigenvalue weighted by atomic mass is 16.5. The summed E-state index contributed by atoms with van der Waals surface area (Å²) in [4.78, 5) is 7.13. The number of fused-ring (bicyclic) bond motifs is 1. The average molecular weight is 347 g/mol. The number of ether oxygens (including phenoxy) is 1. The van der Waals surface area contributed by atoms with Crippen LogP contribution in [0.25, 0.3) is 10.9 Å². The van der Waals surface area contributed by atoms with Crippen molar-refractivity contribution in [2.45, 2.75) is 12.5 Å². The monoisotopic (exact) mass is 347 g/mol. The molecule has 0 amide bonds. The lowest BCUT2D eigenvalue weighted by Crippen LogP contribution is -2.33. The topological polar surface area (TPSA) is 37.4 Å². The van der Waals surface area contributed by atoms with E-state index in [4.69, 9.17) is 4.74 Å². The zero-order valence-corrected chi connectivity index (χ0v) is 15.2. The number of para-hydroxylation sites is 2. The summed E-state index contributed by atoms with van der Waals surface area (Å²) in [6, 6.07) is 19.1. The number of pyridine rings is 1. The SMILES string of the molecule is COc1ccccc1C(c1ccnc2ccccc12)N1CCCNCC1. The van der Waals surface area contributed by atoms with Gasteiger partial charge in [-0.05, 0) is 36.7 Å². The average Bonchev–Trinajstić information content (AvgIpc) is 2.98. The first kappa shape index (κ1) is 17.0. The van der Waals surface area contributed by atoms with Gasteiger partial charge in [0.25, 0.3) is 0 Å². The van der Waals surface area contributed by atoms with Gasteiger partial charge in [0, 0.05) is 36.8 Å². The van der Waals surface area contributed by atoms with Gasteiger partial charge in [0.2, 0.25) is 0 Å². The summed E-state index contributed by atoms with van der Waals surface area (Å²) in [6.45, 7) is 4.16. The molecule has 4 rings (SSSR count). The third kappa shape index (κ3) is 3.30. The lowest BCUT2D eigenvalue weighted by molar-refractivity contribution is 0.237. The molecule has 1 N–H and O–H groups in total. The minimum absolute atomic E-state index is 0.152. The molecule has 0 radical (unpaired) electrons. The van der Waals surface area contributed by atoms with Gasteiger partial charge in [-0.1, -0.05) is 36.4 Å². The van der Waals surface area contributed by atoms with Crippen LogP contribution >= 0.6 is 0 Å². The Balaban J connectivity index is 1.89. The van der Waals surface area contributed by atoms with Crippen molar-refractivity contribution in [2.24, 2.45) is 0 Å². The highest BCUT2D eigenvalue weighted by molar-refractivity contribution is 5.83. The highest BCUT2D eigenvalue weighted by Crippen LogP contribution is 2.37. The van der Waals surface area contributed by atoms with Gasteiger partial charge < -0.3 is 10.1 Å². The minimum Gasteiger partial charge on any atom is -0.496 e. The first-order valence-corrected chi connectivity index (χ1v) is 9.30. The quantitative estimate of drug-likeness (QED) is 0.782. The number of nitrogens with one attached hydrogen (secondary N) is 1. The first-order chi connectivity index (χ1) is 12.9. The molecular weight excluding hydrogens is 322 g/mol. The van der Waals surface area contributed by atoms with Crippen LogP contribution in [-0.4, -0.2) is 43.2 Å². The summed E-state index contributed by atoms with van der Waals surface area (Å²) in [5, 5.41) is 4.73. The van der Waals surface area contributed by atoms with E-state index in [2.05, 4.69) is 57.7 Å². The molecule has 1 aromatic heterocycles. The molecule has 3 aromatic rings. The Morgan fingerprint density at radius 1 is 0.962 bits per heavy atom. The van der Waals surface area contributed by atoms with Gasteiger partial charge in [-0.2, -0.15) is 0 Å². The smallest absolute Gasteiger partial charge is 0.123 e. The Labute approximate surface area is 154 Å². The van der Waals surface area contributed by atoms with Crippen LogP contribution in [0.1, 0.15) is 23.6 Å². The Morgan fingerprint density at radius 2 is 1.81 bits per heavy atom. The molecule has 134 valence electrons. The largest absolute Gasteiger partial charge is 0.496 e. The Kier molecular flexibility index (Phi) is 5.14. The number of methoxy groups -OCH3 is 1. The van der Waals surface area contributed by atoms with Crippen molar-refractivity contribution in [3.8, 4) is 5.75 Å². The van der Waals surface area contributed by atoms with Crippen LogP contribution in [0.5, 0.6) is 5.75 Å². The molecule has 1 atom stereocenters. The van der Waals surface area contributed by atoms with Gasteiger partial charge in [-0.25, -0.2) is 0 Å². The van der Waals surface area contributed by atoms with Crippen molar-refractivity contribution in [1.82, 2.24) is 15.2 Å². The zero-order valence-electron chi connectivity index (χ0n) is 15.2. The van der Waals surface area contributed by atoms with Crippen LogP contribution in [0.3, 0.4) is 0 Å². The summed E-state index contributed by atoms with van der Waals surface area (Å²) in [5.74, 6) is 0.940. The van der Waals surface area contributed by atoms with Gasteiger partial charge in [0.1, 0.15) is 5.75 Å². The number of rotatable bonds is 4. The summed E-state index contributed by atoms with van der Waals surface area (Å²) < 4.78 is 5.72. The maximum absolute atomic E-state index is 5.72. The molecule has 4 nitrogen and oxygen atoms in total. The van der Waals surface area contributed by atoms with Crippen molar-refractivity contribution in [2.75, 3.05) is 33.3 Å². The maximum atomic E-state index is 5.72. The predicted molar refractivity (Wildman–Crippen MR) is 106 cm³/mol. The van der Waals surface area contributed by atoms with Gasteiger partial charge >= 0.3 is 0 Å². The fraction of sp³-hybridized carbons (Fsp3) is 0.318. The van der Waals surface area contributed by atoms with Crippen LogP contribution in [0.4, 0.5) is 0 Å². The molecule has 0 spiro atoms. The number of hydrogen-bond donors (Lipinski definition) is 1. The molecule has 0 bridgehead atoms. The number of aromatic nitrogens is 1. The van der Waals surface area contributed by atoms with E-state index in [9.17, 15) is 0 Å². The molecule has 1 saturated heterocycles. The van der Waals surface area contributed by atoms with E-state index in [-0.39, 0.29) is 6.04 Å². The van der Waals surface area contributed by atoms with E-state index in [1.54, 1.807) is 7.11 Å². The molecule has 1 unspecified atom stereocenters. The Bertz CT molecular complexity index is 867. The van der Waals surface area contributed by atoms with E-state index >= 15 is 0 Å². The molecule has 1 fully saturated rings. The fourth-order valence-electron chi connectivity index (χ4n) is 3.93. The molecule has 1 aliphatic rings. The van der Waals surface area contributed by atoms with E-state index < -0.39 is 0 Å². The lowest BCUT2D eigenvalue weighted by Gasteiger charge is -2.32. The zero-order chi connectivity index (χ0) is 17.8. The summed E-state index contributed by atoms with van der Waals surface area (Å²) >= 11 is 0.